The van der Waals surface area contributed by atoms with Gasteiger partial charge in [-0.2, -0.15) is 0 Å². The minimum Gasteiger partial charge on any atom is -0.276 e. The van der Waals surface area contributed by atoms with Crippen molar-refractivity contribution in [2.45, 2.75) is 13.1 Å². The van der Waals surface area contributed by atoms with Gasteiger partial charge >= 0.3 is 0 Å². The quantitative estimate of drug-likeness (QED) is 0.466. The van der Waals surface area contributed by atoms with Gasteiger partial charge in [0.2, 0.25) is 0 Å². The van der Waals surface area contributed by atoms with E-state index in [4.69, 9.17) is 0 Å². The lowest BCUT2D eigenvalue weighted by atomic mass is 10.5. The van der Waals surface area contributed by atoms with E-state index >= 15 is 0 Å². The van der Waals surface area contributed by atoms with Crippen LogP contribution in [0, 0.1) is 0 Å². The Morgan fingerprint density at radius 2 is 2.12 bits per heavy atom. The highest BCUT2D eigenvalue weighted by molar-refractivity contribution is 4.64. The van der Waals surface area contributed by atoms with Crippen molar-refractivity contribution in [3.63, 3.8) is 0 Å². The molecule has 1 aliphatic heterocycles. The molecule has 0 aromatic heterocycles. The first-order valence-corrected chi connectivity index (χ1v) is 2.88. The van der Waals surface area contributed by atoms with Crippen LogP contribution in [-0.2, 0) is 0 Å². The zero-order chi connectivity index (χ0) is 6.15. The molecular formula is C5H13N3. The Balaban J connectivity index is 2.44. The summed E-state index contributed by atoms with van der Waals surface area (Å²) in [5.41, 5.74) is 3.18. The number of hydrogen-bond acceptors (Lipinski definition) is 3. The minimum absolute atomic E-state index is 0.537. The van der Waals surface area contributed by atoms with Crippen molar-refractivity contribution in [1.82, 2.24) is 15.3 Å². The first-order valence-electron chi connectivity index (χ1n) is 2.88. The second-order valence-electron chi connectivity index (χ2n) is 2.32. The van der Waals surface area contributed by atoms with E-state index in [9.17, 15) is 0 Å². The Hall–Kier alpha value is -0.120. The molecule has 0 amide bonds. The molecule has 1 unspecified atom stereocenters. The SMILES string of the molecule is CC1N(C)CNN1C. The van der Waals surface area contributed by atoms with Gasteiger partial charge in [-0.25, -0.2) is 10.4 Å². The summed E-state index contributed by atoms with van der Waals surface area (Å²) in [4.78, 5) is 2.24. The van der Waals surface area contributed by atoms with Crippen LogP contribution in [0.4, 0.5) is 0 Å². The number of nitrogens with zero attached hydrogens (tertiary/aromatic N) is 2. The van der Waals surface area contributed by atoms with Crippen LogP contribution in [0.3, 0.4) is 0 Å². The summed E-state index contributed by atoms with van der Waals surface area (Å²) in [6, 6.07) is 0. The topological polar surface area (TPSA) is 18.5 Å². The smallest absolute Gasteiger partial charge is 0.0734 e. The van der Waals surface area contributed by atoms with Crippen LogP contribution in [0.1, 0.15) is 6.92 Å². The lowest BCUT2D eigenvalue weighted by Gasteiger charge is -2.17. The zero-order valence-electron chi connectivity index (χ0n) is 5.68. The standard InChI is InChI=1S/C5H13N3/c1-5-7(2)4-6-8(5)3/h5-6H,4H2,1-3H3. The van der Waals surface area contributed by atoms with Crippen LogP contribution >= 0.6 is 0 Å². The van der Waals surface area contributed by atoms with Crippen LogP contribution in [0.15, 0.2) is 0 Å². The monoisotopic (exact) mass is 115 g/mol. The van der Waals surface area contributed by atoms with Crippen LogP contribution in [0.25, 0.3) is 0 Å². The maximum Gasteiger partial charge on any atom is 0.0734 e. The molecule has 48 valence electrons. The predicted octanol–water partition coefficient (Wildman–Crippen LogP) is -0.328. The van der Waals surface area contributed by atoms with Gasteiger partial charge in [0.05, 0.1) is 12.8 Å². The van der Waals surface area contributed by atoms with E-state index in [1.165, 1.54) is 0 Å². The summed E-state index contributed by atoms with van der Waals surface area (Å²) in [6.07, 6.45) is 0.537. The molecule has 1 N–H and O–H groups in total. The summed E-state index contributed by atoms with van der Waals surface area (Å²) < 4.78 is 0. The summed E-state index contributed by atoms with van der Waals surface area (Å²) in [5, 5.41) is 2.10. The maximum absolute atomic E-state index is 3.18. The number of nitrogens with one attached hydrogen (secondary N) is 1. The molecule has 0 aromatic rings. The number of hydrogen-bond donors (Lipinski definition) is 1. The largest absolute Gasteiger partial charge is 0.276 e. The second kappa shape index (κ2) is 2.01. The minimum atomic E-state index is 0.537. The second-order valence-corrected chi connectivity index (χ2v) is 2.32. The Morgan fingerprint density at radius 1 is 1.50 bits per heavy atom. The Kier molecular flexibility index (Phi) is 1.51. The third-order valence-corrected chi connectivity index (χ3v) is 1.77. The van der Waals surface area contributed by atoms with Crippen molar-refractivity contribution < 1.29 is 0 Å². The van der Waals surface area contributed by atoms with Crippen molar-refractivity contribution in [3.8, 4) is 0 Å². The van der Waals surface area contributed by atoms with E-state index < -0.39 is 0 Å². The molecule has 1 aliphatic rings. The molecule has 8 heavy (non-hydrogen) atoms. The summed E-state index contributed by atoms with van der Waals surface area (Å²) in [6.45, 7) is 3.14. The van der Waals surface area contributed by atoms with E-state index in [2.05, 4.69) is 29.3 Å². The van der Waals surface area contributed by atoms with Gasteiger partial charge in [-0.3, -0.25) is 4.90 Å². The van der Waals surface area contributed by atoms with Crippen LogP contribution in [-0.4, -0.2) is 36.8 Å². The van der Waals surface area contributed by atoms with Crippen molar-refractivity contribution in [3.05, 3.63) is 0 Å². The Bertz CT molecular complexity index is 73.7. The van der Waals surface area contributed by atoms with Gasteiger partial charge in [-0.05, 0) is 14.0 Å². The third kappa shape index (κ3) is 0.844. The van der Waals surface area contributed by atoms with Crippen molar-refractivity contribution in [1.29, 1.82) is 0 Å². The maximum atomic E-state index is 3.18. The Labute approximate surface area is 50.2 Å². The molecule has 0 bridgehead atoms. The normalized spacial score (nSPS) is 34.1. The summed E-state index contributed by atoms with van der Waals surface area (Å²) in [7, 11) is 4.15. The molecule has 3 heteroatoms. The summed E-state index contributed by atoms with van der Waals surface area (Å²) >= 11 is 0. The van der Waals surface area contributed by atoms with E-state index in [0.717, 1.165) is 6.67 Å². The molecule has 3 nitrogen and oxygen atoms in total. The highest BCUT2D eigenvalue weighted by atomic mass is 15.7. The van der Waals surface area contributed by atoms with Gasteiger partial charge in [0, 0.05) is 7.05 Å². The van der Waals surface area contributed by atoms with Crippen LogP contribution in [0.2, 0.25) is 0 Å². The zero-order valence-corrected chi connectivity index (χ0v) is 5.68. The average Bonchev–Trinajstić information content (AvgIpc) is 1.98. The first-order chi connectivity index (χ1) is 3.72. The van der Waals surface area contributed by atoms with Gasteiger partial charge in [-0.15, -0.1) is 0 Å². The number of rotatable bonds is 0. The van der Waals surface area contributed by atoms with Crippen LogP contribution in [0.5, 0.6) is 0 Å². The van der Waals surface area contributed by atoms with Gasteiger partial charge in [0.1, 0.15) is 0 Å². The molecule has 0 spiro atoms. The van der Waals surface area contributed by atoms with Crippen LogP contribution < -0.4 is 5.43 Å². The van der Waals surface area contributed by atoms with E-state index in [1.54, 1.807) is 0 Å². The molecule has 1 heterocycles. The van der Waals surface area contributed by atoms with E-state index in [-0.39, 0.29) is 0 Å². The lowest BCUT2D eigenvalue weighted by Crippen LogP contribution is -2.33. The van der Waals surface area contributed by atoms with Gasteiger partial charge < -0.3 is 0 Å². The summed E-state index contributed by atoms with van der Waals surface area (Å²) in [5.74, 6) is 0. The molecule has 1 atom stereocenters. The molecule has 1 fully saturated rings. The first kappa shape index (κ1) is 6.01. The lowest BCUT2D eigenvalue weighted by molar-refractivity contribution is 0.184. The highest BCUT2D eigenvalue weighted by Crippen LogP contribution is 2.02. The highest BCUT2D eigenvalue weighted by Gasteiger charge is 2.19. The molecule has 1 saturated heterocycles. The molecule has 0 radical (unpaired) electrons. The predicted molar refractivity (Wildman–Crippen MR) is 33.0 cm³/mol. The fraction of sp³-hybridized carbons (Fsp3) is 1.00. The van der Waals surface area contributed by atoms with Gasteiger partial charge in [0.25, 0.3) is 0 Å². The van der Waals surface area contributed by atoms with E-state index in [0.29, 0.717) is 6.17 Å². The van der Waals surface area contributed by atoms with E-state index in [1.807, 2.05) is 7.05 Å². The van der Waals surface area contributed by atoms with Crippen molar-refractivity contribution >= 4 is 0 Å². The molecule has 1 rings (SSSR count). The average molecular weight is 115 g/mol. The number of hydrazine groups is 1. The Morgan fingerprint density at radius 3 is 2.25 bits per heavy atom. The fourth-order valence-corrected chi connectivity index (χ4v) is 0.783. The molecule has 0 aliphatic carbocycles. The van der Waals surface area contributed by atoms with Crippen molar-refractivity contribution in [2.75, 3.05) is 20.8 Å². The third-order valence-electron chi connectivity index (χ3n) is 1.77. The fourth-order valence-electron chi connectivity index (χ4n) is 0.783. The van der Waals surface area contributed by atoms with Crippen molar-refractivity contribution in [2.24, 2.45) is 0 Å². The molecule has 0 saturated carbocycles. The molecular weight excluding hydrogens is 102 g/mol. The molecule has 0 aromatic carbocycles. The van der Waals surface area contributed by atoms with Gasteiger partial charge in [-0.1, -0.05) is 0 Å². The van der Waals surface area contributed by atoms with Gasteiger partial charge in [0.15, 0.2) is 0 Å².